The van der Waals surface area contributed by atoms with Crippen molar-refractivity contribution in [1.29, 1.82) is 0 Å². The summed E-state index contributed by atoms with van der Waals surface area (Å²) in [5.74, 6) is -0.312. The predicted molar refractivity (Wildman–Crippen MR) is 60.8 cm³/mol. The Balaban J connectivity index is 1.96. The van der Waals surface area contributed by atoms with Crippen molar-refractivity contribution in [3.8, 4) is 0 Å². The van der Waals surface area contributed by atoms with Gasteiger partial charge in [0, 0.05) is 17.3 Å². The number of rotatable bonds is 0. The van der Waals surface area contributed by atoms with E-state index in [1.807, 2.05) is 0 Å². The quantitative estimate of drug-likeness (QED) is 0.721. The molecule has 3 heteroatoms. The zero-order valence-electron chi connectivity index (χ0n) is 8.46. The van der Waals surface area contributed by atoms with Gasteiger partial charge in [0.25, 0.3) is 0 Å². The average Bonchev–Trinajstić information content (AvgIpc) is 2.66. The maximum atomic E-state index is 5.74. The SMILES string of the molecule is Brc1cccc2c1CCC1(C2)OCCO1. The van der Waals surface area contributed by atoms with Crippen LogP contribution in [0.5, 0.6) is 0 Å². The summed E-state index contributed by atoms with van der Waals surface area (Å²) in [6.07, 6.45) is 2.90. The molecule has 2 aliphatic rings. The molecule has 1 fully saturated rings. The van der Waals surface area contributed by atoms with Gasteiger partial charge in [-0.2, -0.15) is 0 Å². The Bertz CT molecular complexity index is 383. The molecule has 0 aromatic heterocycles. The van der Waals surface area contributed by atoms with Gasteiger partial charge in [-0.15, -0.1) is 0 Å². The Morgan fingerprint density at radius 2 is 2.00 bits per heavy atom. The zero-order chi connectivity index (χ0) is 10.3. The van der Waals surface area contributed by atoms with Crippen molar-refractivity contribution < 1.29 is 9.47 Å². The first-order chi connectivity index (χ1) is 7.29. The first-order valence-corrected chi connectivity index (χ1v) is 6.13. The fourth-order valence-corrected chi connectivity index (χ4v) is 3.09. The standard InChI is InChI=1S/C12H13BrO2/c13-11-3-1-2-9-8-12(5-4-10(9)11)14-6-7-15-12/h1-3H,4-8H2. The van der Waals surface area contributed by atoms with E-state index in [9.17, 15) is 0 Å². The molecule has 0 bridgehead atoms. The third kappa shape index (κ3) is 1.63. The van der Waals surface area contributed by atoms with E-state index in [0.29, 0.717) is 0 Å². The highest BCUT2D eigenvalue weighted by molar-refractivity contribution is 9.10. The minimum atomic E-state index is -0.312. The van der Waals surface area contributed by atoms with Gasteiger partial charge in [-0.3, -0.25) is 0 Å². The molecular weight excluding hydrogens is 256 g/mol. The third-order valence-electron chi connectivity index (χ3n) is 3.25. The first-order valence-electron chi connectivity index (χ1n) is 5.33. The smallest absolute Gasteiger partial charge is 0.172 e. The fraction of sp³-hybridized carbons (Fsp3) is 0.500. The van der Waals surface area contributed by atoms with Crippen molar-refractivity contribution in [2.24, 2.45) is 0 Å². The number of ether oxygens (including phenoxy) is 2. The summed E-state index contributed by atoms with van der Waals surface area (Å²) in [6, 6.07) is 6.36. The molecule has 2 nitrogen and oxygen atoms in total. The molecule has 1 aromatic rings. The Hall–Kier alpha value is -0.380. The summed E-state index contributed by atoms with van der Waals surface area (Å²) in [6.45, 7) is 1.48. The molecule has 80 valence electrons. The van der Waals surface area contributed by atoms with Gasteiger partial charge in [0.2, 0.25) is 0 Å². The normalized spacial score (nSPS) is 23.0. The molecule has 0 amide bonds. The van der Waals surface area contributed by atoms with E-state index in [2.05, 4.69) is 34.1 Å². The van der Waals surface area contributed by atoms with E-state index in [4.69, 9.17) is 9.47 Å². The summed E-state index contributed by atoms with van der Waals surface area (Å²) in [5, 5.41) is 0. The molecule has 0 saturated carbocycles. The van der Waals surface area contributed by atoms with Gasteiger partial charge in [0.05, 0.1) is 13.2 Å². The van der Waals surface area contributed by atoms with Crippen LogP contribution in [0, 0.1) is 0 Å². The van der Waals surface area contributed by atoms with E-state index in [0.717, 1.165) is 32.5 Å². The Labute approximate surface area is 97.7 Å². The minimum Gasteiger partial charge on any atom is -0.347 e. The fourth-order valence-electron chi connectivity index (χ4n) is 2.49. The van der Waals surface area contributed by atoms with Crippen molar-refractivity contribution >= 4 is 15.9 Å². The van der Waals surface area contributed by atoms with Gasteiger partial charge in [-0.25, -0.2) is 0 Å². The number of hydrogen-bond donors (Lipinski definition) is 0. The van der Waals surface area contributed by atoms with E-state index in [1.165, 1.54) is 15.6 Å². The van der Waals surface area contributed by atoms with E-state index < -0.39 is 0 Å². The van der Waals surface area contributed by atoms with Crippen molar-refractivity contribution in [2.45, 2.75) is 25.0 Å². The van der Waals surface area contributed by atoms with Crippen LogP contribution in [0.2, 0.25) is 0 Å². The number of benzene rings is 1. The molecule has 1 aromatic carbocycles. The topological polar surface area (TPSA) is 18.5 Å². The van der Waals surface area contributed by atoms with Gasteiger partial charge >= 0.3 is 0 Å². The molecule has 0 unspecified atom stereocenters. The van der Waals surface area contributed by atoms with E-state index in [1.54, 1.807) is 0 Å². The molecule has 1 aliphatic carbocycles. The van der Waals surface area contributed by atoms with Crippen LogP contribution >= 0.6 is 15.9 Å². The van der Waals surface area contributed by atoms with Crippen LogP contribution in [0.4, 0.5) is 0 Å². The second-order valence-corrected chi connectivity index (χ2v) is 5.02. The third-order valence-corrected chi connectivity index (χ3v) is 3.99. The Kier molecular flexibility index (Phi) is 2.34. The molecule has 0 atom stereocenters. The lowest BCUT2D eigenvalue weighted by Crippen LogP contribution is -2.37. The maximum Gasteiger partial charge on any atom is 0.172 e. The monoisotopic (exact) mass is 268 g/mol. The van der Waals surface area contributed by atoms with Gasteiger partial charge in [-0.05, 0) is 23.6 Å². The number of fused-ring (bicyclic) bond motifs is 1. The first kappa shape index (κ1) is 9.82. The van der Waals surface area contributed by atoms with Crippen molar-refractivity contribution in [3.63, 3.8) is 0 Å². The van der Waals surface area contributed by atoms with Crippen LogP contribution in [0.15, 0.2) is 22.7 Å². The van der Waals surface area contributed by atoms with Crippen LogP contribution in [-0.4, -0.2) is 19.0 Å². The van der Waals surface area contributed by atoms with Crippen LogP contribution < -0.4 is 0 Å². The molecule has 3 rings (SSSR count). The van der Waals surface area contributed by atoms with E-state index >= 15 is 0 Å². The molecule has 1 spiro atoms. The molecule has 1 aliphatic heterocycles. The van der Waals surface area contributed by atoms with Crippen molar-refractivity contribution in [2.75, 3.05) is 13.2 Å². The van der Waals surface area contributed by atoms with Gasteiger partial charge in [0.1, 0.15) is 0 Å². The summed E-state index contributed by atoms with van der Waals surface area (Å²) in [7, 11) is 0. The zero-order valence-corrected chi connectivity index (χ0v) is 10.0. The highest BCUT2D eigenvalue weighted by atomic mass is 79.9. The van der Waals surface area contributed by atoms with Crippen LogP contribution in [0.25, 0.3) is 0 Å². The molecule has 15 heavy (non-hydrogen) atoms. The summed E-state index contributed by atoms with van der Waals surface area (Å²) < 4.78 is 12.7. The molecule has 1 heterocycles. The molecule has 0 N–H and O–H groups in total. The minimum absolute atomic E-state index is 0.312. The van der Waals surface area contributed by atoms with E-state index in [-0.39, 0.29) is 5.79 Å². The summed E-state index contributed by atoms with van der Waals surface area (Å²) in [4.78, 5) is 0. The van der Waals surface area contributed by atoms with Gasteiger partial charge in [-0.1, -0.05) is 28.1 Å². The molecular formula is C12H13BrO2. The molecule has 0 radical (unpaired) electrons. The largest absolute Gasteiger partial charge is 0.347 e. The highest BCUT2D eigenvalue weighted by Crippen LogP contribution is 2.37. The Morgan fingerprint density at radius 3 is 2.80 bits per heavy atom. The summed E-state index contributed by atoms with van der Waals surface area (Å²) >= 11 is 3.60. The van der Waals surface area contributed by atoms with Gasteiger partial charge < -0.3 is 9.47 Å². The lowest BCUT2D eigenvalue weighted by Gasteiger charge is -2.33. The Morgan fingerprint density at radius 1 is 1.20 bits per heavy atom. The number of halogens is 1. The maximum absolute atomic E-state index is 5.74. The second-order valence-electron chi connectivity index (χ2n) is 4.16. The van der Waals surface area contributed by atoms with Gasteiger partial charge in [0.15, 0.2) is 5.79 Å². The lowest BCUT2D eigenvalue weighted by molar-refractivity contribution is -0.163. The van der Waals surface area contributed by atoms with Crippen molar-refractivity contribution in [3.05, 3.63) is 33.8 Å². The number of hydrogen-bond acceptors (Lipinski definition) is 2. The summed E-state index contributed by atoms with van der Waals surface area (Å²) in [5.41, 5.74) is 2.78. The average molecular weight is 269 g/mol. The van der Waals surface area contributed by atoms with Crippen molar-refractivity contribution in [1.82, 2.24) is 0 Å². The second kappa shape index (κ2) is 3.58. The van der Waals surface area contributed by atoms with Crippen LogP contribution in [0.3, 0.4) is 0 Å². The highest BCUT2D eigenvalue weighted by Gasteiger charge is 2.39. The predicted octanol–water partition coefficient (Wildman–Crippen LogP) is 2.68. The molecule has 1 saturated heterocycles. The van der Waals surface area contributed by atoms with Crippen LogP contribution in [0.1, 0.15) is 17.5 Å². The van der Waals surface area contributed by atoms with Crippen LogP contribution in [-0.2, 0) is 22.3 Å². The lowest BCUT2D eigenvalue weighted by atomic mass is 9.87.